The van der Waals surface area contributed by atoms with Gasteiger partial charge >= 0.3 is 0 Å². The number of benzene rings is 1. The van der Waals surface area contributed by atoms with Crippen LogP contribution in [-0.2, 0) is 6.54 Å². The minimum absolute atomic E-state index is 0.148. The normalized spacial score (nSPS) is 19.0. The average molecular weight is 364 g/mol. The van der Waals surface area contributed by atoms with Crippen molar-refractivity contribution >= 4 is 11.9 Å². The molecule has 1 aromatic heterocycles. The highest BCUT2D eigenvalue weighted by molar-refractivity contribution is 6.15. The predicted octanol–water partition coefficient (Wildman–Crippen LogP) is 4.09. The van der Waals surface area contributed by atoms with Crippen LogP contribution in [0.5, 0.6) is 11.5 Å². The summed E-state index contributed by atoms with van der Waals surface area (Å²) < 4.78 is 5.97. The first-order valence-electron chi connectivity index (χ1n) is 9.56. The van der Waals surface area contributed by atoms with Crippen LogP contribution in [0.2, 0.25) is 0 Å². The summed E-state index contributed by atoms with van der Waals surface area (Å²) in [5.74, 6) is 0.811. The Kier molecular flexibility index (Phi) is 4.94. The second kappa shape index (κ2) is 7.53. The minimum Gasteiger partial charge on any atom is -0.507 e. The maximum atomic E-state index is 12.9. The molecule has 1 fully saturated rings. The van der Waals surface area contributed by atoms with E-state index >= 15 is 0 Å². The summed E-state index contributed by atoms with van der Waals surface area (Å²) in [5, 5.41) is 10.6. The summed E-state index contributed by atoms with van der Waals surface area (Å²) in [5.41, 5.74) is 2.66. The highest BCUT2D eigenvalue weighted by Crippen LogP contribution is 2.42. The zero-order valence-corrected chi connectivity index (χ0v) is 15.6. The number of ether oxygens (including phenoxy) is 1. The van der Waals surface area contributed by atoms with Gasteiger partial charge in [0.1, 0.15) is 11.5 Å². The fraction of sp³-hybridized carbons (Fsp3) is 0.364. The van der Waals surface area contributed by atoms with E-state index < -0.39 is 0 Å². The number of aromatic nitrogens is 1. The molecule has 2 aliphatic heterocycles. The van der Waals surface area contributed by atoms with Gasteiger partial charge in [0.05, 0.1) is 16.8 Å². The summed E-state index contributed by atoms with van der Waals surface area (Å²) >= 11 is 0. The third kappa shape index (κ3) is 3.60. The molecule has 5 nitrogen and oxygen atoms in total. The summed E-state index contributed by atoms with van der Waals surface area (Å²) in [6.07, 6.45) is 8.18. The lowest BCUT2D eigenvalue weighted by molar-refractivity contribution is 0.101. The number of rotatable bonds is 3. The number of phenolic OH excluding ortho intramolecular Hbond substituents is 1. The Morgan fingerprint density at radius 3 is 2.70 bits per heavy atom. The molecule has 0 radical (unpaired) electrons. The van der Waals surface area contributed by atoms with Crippen molar-refractivity contribution in [1.82, 2.24) is 9.88 Å². The van der Waals surface area contributed by atoms with E-state index in [0.717, 1.165) is 18.7 Å². The first-order chi connectivity index (χ1) is 13.1. The molecule has 0 aliphatic carbocycles. The van der Waals surface area contributed by atoms with Crippen LogP contribution >= 0.6 is 0 Å². The molecule has 0 unspecified atom stereocenters. The molecular weight excluding hydrogens is 340 g/mol. The van der Waals surface area contributed by atoms with Crippen LogP contribution in [-0.4, -0.2) is 33.9 Å². The summed E-state index contributed by atoms with van der Waals surface area (Å²) in [4.78, 5) is 19.5. The minimum atomic E-state index is -0.148. The molecule has 0 bridgehead atoms. The first-order valence-corrected chi connectivity index (χ1v) is 9.56. The van der Waals surface area contributed by atoms with Crippen LogP contribution in [0.1, 0.15) is 52.9 Å². The molecule has 27 heavy (non-hydrogen) atoms. The lowest BCUT2D eigenvalue weighted by atomic mass is 9.99. The van der Waals surface area contributed by atoms with Crippen LogP contribution in [0.4, 0.5) is 0 Å². The smallest absolute Gasteiger partial charge is 0.232 e. The Hall–Kier alpha value is -2.66. The second-order valence-electron chi connectivity index (χ2n) is 7.28. The largest absolute Gasteiger partial charge is 0.507 e. The Balaban J connectivity index is 1.69. The lowest BCUT2D eigenvalue weighted by Gasteiger charge is -2.21. The number of aryl methyl sites for hydroxylation is 1. The van der Waals surface area contributed by atoms with Gasteiger partial charge in [-0.2, -0.15) is 0 Å². The SMILES string of the molecule is Cc1cc(O)c(CN2CCCCCC2)c2c1C(=O)/C(=C/c1ccccn1)O2. The number of aromatic hydroxyl groups is 1. The van der Waals surface area contributed by atoms with Gasteiger partial charge in [0.15, 0.2) is 5.76 Å². The fourth-order valence-corrected chi connectivity index (χ4v) is 3.85. The number of carbonyl (C=O) groups is 1. The molecule has 1 aromatic carbocycles. The van der Waals surface area contributed by atoms with Gasteiger partial charge < -0.3 is 9.84 Å². The Bertz CT molecular complexity index is 882. The molecule has 0 spiro atoms. The van der Waals surface area contributed by atoms with Crippen LogP contribution in [0.3, 0.4) is 0 Å². The molecule has 0 saturated carbocycles. The molecule has 3 heterocycles. The third-order valence-corrected chi connectivity index (χ3v) is 5.27. The van der Waals surface area contributed by atoms with E-state index in [1.54, 1.807) is 18.3 Å². The predicted molar refractivity (Wildman–Crippen MR) is 104 cm³/mol. The number of phenols is 1. The summed E-state index contributed by atoms with van der Waals surface area (Å²) in [6, 6.07) is 7.20. The number of nitrogens with zero attached hydrogens (tertiary/aromatic N) is 2. The zero-order chi connectivity index (χ0) is 18.8. The van der Waals surface area contributed by atoms with E-state index in [1.165, 1.54) is 25.7 Å². The third-order valence-electron chi connectivity index (χ3n) is 5.27. The number of likely N-dealkylation sites (tertiary alicyclic amines) is 1. The van der Waals surface area contributed by atoms with E-state index in [0.29, 0.717) is 29.1 Å². The molecule has 5 heteroatoms. The summed E-state index contributed by atoms with van der Waals surface area (Å²) in [6.45, 7) is 4.44. The number of hydrogen-bond donors (Lipinski definition) is 1. The average Bonchev–Trinajstić information content (AvgIpc) is 2.83. The molecule has 1 saturated heterocycles. The van der Waals surface area contributed by atoms with Gasteiger partial charge in [0, 0.05) is 18.8 Å². The van der Waals surface area contributed by atoms with E-state index in [4.69, 9.17) is 4.74 Å². The molecule has 1 N–H and O–H groups in total. The van der Waals surface area contributed by atoms with Crippen LogP contribution in [0.15, 0.2) is 36.2 Å². The lowest BCUT2D eigenvalue weighted by Crippen LogP contribution is -2.24. The van der Waals surface area contributed by atoms with Crippen LogP contribution < -0.4 is 4.74 Å². The highest BCUT2D eigenvalue weighted by atomic mass is 16.5. The molecule has 4 rings (SSSR count). The number of ketones is 1. The quantitative estimate of drug-likeness (QED) is 0.831. The topological polar surface area (TPSA) is 62.7 Å². The number of hydrogen-bond acceptors (Lipinski definition) is 5. The van der Waals surface area contributed by atoms with E-state index in [2.05, 4.69) is 9.88 Å². The molecule has 140 valence electrons. The van der Waals surface area contributed by atoms with Crippen molar-refractivity contribution in [2.24, 2.45) is 0 Å². The van der Waals surface area contributed by atoms with Crippen molar-refractivity contribution < 1.29 is 14.6 Å². The monoisotopic (exact) mass is 364 g/mol. The van der Waals surface area contributed by atoms with Gasteiger partial charge in [-0.3, -0.25) is 14.7 Å². The molecule has 2 aliphatic rings. The van der Waals surface area contributed by atoms with Gasteiger partial charge in [-0.15, -0.1) is 0 Å². The number of fused-ring (bicyclic) bond motifs is 1. The van der Waals surface area contributed by atoms with Gasteiger partial charge in [-0.05, 0) is 56.6 Å². The zero-order valence-electron chi connectivity index (χ0n) is 15.6. The maximum absolute atomic E-state index is 12.9. The Morgan fingerprint density at radius 2 is 2.00 bits per heavy atom. The Morgan fingerprint density at radius 1 is 1.22 bits per heavy atom. The second-order valence-corrected chi connectivity index (χ2v) is 7.28. The molecule has 0 atom stereocenters. The molecule has 0 amide bonds. The van der Waals surface area contributed by atoms with Crippen LogP contribution in [0.25, 0.3) is 6.08 Å². The van der Waals surface area contributed by atoms with Gasteiger partial charge in [-0.1, -0.05) is 18.9 Å². The van der Waals surface area contributed by atoms with Gasteiger partial charge in [0.2, 0.25) is 5.78 Å². The molecule has 2 aromatic rings. The Labute approximate surface area is 159 Å². The van der Waals surface area contributed by atoms with Crippen molar-refractivity contribution in [3.8, 4) is 11.5 Å². The number of carbonyl (C=O) groups excluding carboxylic acids is 1. The fourth-order valence-electron chi connectivity index (χ4n) is 3.85. The summed E-state index contributed by atoms with van der Waals surface area (Å²) in [7, 11) is 0. The van der Waals surface area contributed by atoms with Crippen LogP contribution in [0, 0.1) is 6.92 Å². The van der Waals surface area contributed by atoms with Crippen molar-refractivity contribution in [3.05, 3.63) is 58.6 Å². The maximum Gasteiger partial charge on any atom is 0.232 e. The van der Waals surface area contributed by atoms with Crippen molar-refractivity contribution in [1.29, 1.82) is 0 Å². The van der Waals surface area contributed by atoms with E-state index in [-0.39, 0.29) is 17.3 Å². The first kappa shape index (κ1) is 17.7. The van der Waals surface area contributed by atoms with Crippen molar-refractivity contribution in [2.45, 2.75) is 39.2 Å². The highest BCUT2D eigenvalue weighted by Gasteiger charge is 2.33. The standard InChI is InChI=1S/C22H24N2O3/c1-15-12-18(25)17(14-24-10-6-2-3-7-11-24)22-20(15)21(26)19(27-22)13-16-8-4-5-9-23-16/h4-5,8-9,12-13,25H,2-3,6-7,10-11,14H2,1H3/b19-13-. The van der Waals surface area contributed by atoms with Gasteiger partial charge in [0.25, 0.3) is 0 Å². The van der Waals surface area contributed by atoms with Gasteiger partial charge in [-0.25, -0.2) is 0 Å². The van der Waals surface area contributed by atoms with E-state index in [1.807, 2.05) is 25.1 Å². The van der Waals surface area contributed by atoms with Crippen molar-refractivity contribution in [3.63, 3.8) is 0 Å². The number of Topliss-reactive ketones (excluding diaryl/α,β-unsaturated/α-hetero) is 1. The van der Waals surface area contributed by atoms with E-state index in [9.17, 15) is 9.90 Å². The molecular formula is C22H24N2O3. The number of pyridine rings is 1. The number of allylic oxidation sites excluding steroid dienone is 1. The van der Waals surface area contributed by atoms with Crippen molar-refractivity contribution in [2.75, 3.05) is 13.1 Å².